The summed E-state index contributed by atoms with van der Waals surface area (Å²) in [5, 5.41) is 9.91. The number of hydrogen-bond acceptors (Lipinski definition) is 7. The lowest BCUT2D eigenvalue weighted by Gasteiger charge is -2.12. The van der Waals surface area contributed by atoms with Gasteiger partial charge in [-0.15, -0.1) is 11.3 Å². The van der Waals surface area contributed by atoms with E-state index in [4.69, 9.17) is 9.51 Å². The first kappa shape index (κ1) is 17.7. The Bertz CT molecular complexity index is 1090. The number of aromatic nitrogens is 3. The summed E-state index contributed by atoms with van der Waals surface area (Å²) in [7, 11) is 0. The van der Waals surface area contributed by atoms with Crippen LogP contribution in [0.5, 0.6) is 0 Å². The lowest BCUT2D eigenvalue weighted by molar-refractivity contribution is -0.115. The van der Waals surface area contributed by atoms with E-state index in [1.165, 1.54) is 11.8 Å². The highest BCUT2D eigenvalue weighted by Crippen LogP contribution is 2.32. The van der Waals surface area contributed by atoms with Crippen molar-refractivity contribution in [2.24, 2.45) is 0 Å². The van der Waals surface area contributed by atoms with Crippen LogP contribution in [0.15, 0.2) is 57.4 Å². The fraction of sp³-hybridized carbons (Fsp3) is 0.158. The summed E-state index contributed by atoms with van der Waals surface area (Å²) in [4.78, 5) is 22.9. The Hall–Kier alpha value is -2.71. The van der Waals surface area contributed by atoms with Gasteiger partial charge in [0.2, 0.25) is 5.91 Å². The van der Waals surface area contributed by atoms with E-state index in [2.05, 4.69) is 15.5 Å². The molecule has 1 N–H and O–H groups in total. The number of fused-ring (bicyclic) bond motifs is 1. The second-order valence-electron chi connectivity index (χ2n) is 5.92. The predicted octanol–water partition coefficient (Wildman–Crippen LogP) is 4.77. The van der Waals surface area contributed by atoms with Crippen molar-refractivity contribution in [2.45, 2.75) is 24.1 Å². The summed E-state index contributed by atoms with van der Waals surface area (Å²) in [6.45, 7) is 3.62. The number of rotatable bonds is 5. The number of nitrogens with one attached hydrogen (secondary N) is 1. The lowest BCUT2D eigenvalue weighted by atomic mass is 10.2. The van der Waals surface area contributed by atoms with Gasteiger partial charge < -0.3 is 9.84 Å². The number of thiophene rings is 1. The van der Waals surface area contributed by atoms with Gasteiger partial charge in [0.1, 0.15) is 10.8 Å². The van der Waals surface area contributed by atoms with Crippen molar-refractivity contribution < 1.29 is 9.32 Å². The van der Waals surface area contributed by atoms with Crippen LogP contribution in [0.25, 0.3) is 21.6 Å². The third-order valence-corrected chi connectivity index (χ3v) is 5.81. The first-order valence-electron chi connectivity index (χ1n) is 8.31. The van der Waals surface area contributed by atoms with Crippen LogP contribution in [-0.4, -0.2) is 26.3 Å². The van der Waals surface area contributed by atoms with Crippen molar-refractivity contribution in [2.75, 3.05) is 5.32 Å². The Labute approximate surface area is 164 Å². The van der Waals surface area contributed by atoms with Crippen LogP contribution in [0.4, 0.5) is 5.82 Å². The number of amides is 1. The molecule has 0 saturated carbocycles. The van der Waals surface area contributed by atoms with E-state index in [0.29, 0.717) is 17.4 Å². The summed E-state index contributed by atoms with van der Waals surface area (Å²) in [5.41, 5.74) is 0.859. The Morgan fingerprint density at radius 1 is 1.22 bits per heavy atom. The standard InChI is InChI=1S/C19H16N4O2S2/c1-11-10-16(23-25-11)21-18(24)12(2)27-19-13-6-3-4-7-14(13)20-17(22-19)15-8-5-9-26-15/h3-10,12H,1-2H3,(H,21,23,24)/t12-/m0/s1. The van der Waals surface area contributed by atoms with Crippen molar-refractivity contribution >= 4 is 45.7 Å². The maximum absolute atomic E-state index is 12.5. The van der Waals surface area contributed by atoms with Crippen LogP contribution >= 0.6 is 23.1 Å². The van der Waals surface area contributed by atoms with Gasteiger partial charge in [-0.3, -0.25) is 4.79 Å². The minimum atomic E-state index is -0.364. The van der Waals surface area contributed by atoms with E-state index in [-0.39, 0.29) is 11.2 Å². The number of para-hydroxylation sites is 1. The molecule has 0 aliphatic heterocycles. The normalized spacial score (nSPS) is 12.2. The van der Waals surface area contributed by atoms with Crippen molar-refractivity contribution in [3.63, 3.8) is 0 Å². The van der Waals surface area contributed by atoms with Gasteiger partial charge in [-0.2, -0.15) is 0 Å². The number of carbonyl (C=O) groups is 1. The zero-order valence-electron chi connectivity index (χ0n) is 14.7. The van der Waals surface area contributed by atoms with Crippen molar-refractivity contribution in [1.82, 2.24) is 15.1 Å². The fourth-order valence-corrected chi connectivity index (χ4v) is 4.12. The summed E-state index contributed by atoms with van der Waals surface area (Å²) in [5.74, 6) is 1.57. The number of benzene rings is 1. The molecule has 1 atom stereocenters. The number of thioether (sulfide) groups is 1. The van der Waals surface area contributed by atoms with Gasteiger partial charge in [-0.1, -0.05) is 41.2 Å². The molecule has 0 bridgehead atoms. The largest absolute Gasteiger partial charge is 0.360 e. The maximum atomic E-state index is 12.5. The summed E-state index contributed by atoms with van der Waals surface area (Å²) in [6, 6.07) is 13.5. The third kappa shape index (κ3) is 3.86. The van der Waals surface area contributed by atoms with Crippen LogP contribution in [0.2, 0.25) is 0 Å². The highest BCUT2D eigenvalue weighted by molar-refractivity contribution is 8.00. The Balaban J connectivity index is 1.63. The zero-order chi connectivity index (χ0) is 18.8. The van der Waals surface area contributed by atoms with E-state index in [9.17, 15) is 4.79 Å². The first-order valence-corrected chi connectivity index (χ1v) is 10.1. The van der Waals surface area contributed by atoms with Gasteiger partial charge >= 0.3 is 0 Å². The molecule has 27 heavy (non-hydrogen) atoms. The number of aryl methyl sites for hydroxylation is 1. The molecule has 3 heterocycles. The van der Waals surface area contributed by atoms with Crippen LogP contribution in [0, 0.1) is 6.92 Å². The SMILES string of the molecule is Cc1cc(NC(=O)[C@H](C)Sc2nc(-c3cccs3)nc3ccccc23)no1. The summed E-state index contributed by atoms with van der Waals surface area (Å²) < 4.78 is 4.99. The second-order valence-corrected chi connectivity index (χ2v) is 8.20. The highest BCUT2D eigenvalue weighted by Gasteiger charge is 2.19. The minimum absolute atomic E-state index is 0.159. The average Bonchev–Trinajstić information content (AvgIpc) is 3.33. The molecule has 4 aromatic rings. The zero-order valence-corrected chi connectivity index (χ0v) is 16.3. The molecule has 0 unspecified atom stereocenters. The number of nitrogens with zero attached hydrogens (tertiary/aromatic N) is 3. The minimum Gasteiger partial charge on any atom is -0.360 e. The average molecular weight is 396 g/mol. The first-order chi connectivity index (χ1) is 13.1. The fourth-order valence-electron chi connectivity index (χ4n) is 2.53. The van der Waals surface area contributed by atoms with Crippen LogP contribution in [-0.2, 0) is 4.79 Å². The molecule has 0 fully saturated rings. The molecule has 136 valence electrons. The van der Waals surface area contributed by atoms with Crippen molar-refractivity contribution in [3.8, 4) is 10.7 Å². The van der Waals surface area contributed by atoms with E-state index in [1.807, 2.05) is 48.7 Å². The van der Waals surface area contributed by atoms with E-state index in [0.717, 1.165) is 20.8 Å². The molecule has 0 radical (unpaired) electrons. The highest BCUT2D eigenvalue weighted by atomic mass is 32.2. The van der Waals surface area contributed by atoms with Gasteiger partial charge in [-0.25, -0.2) is 9.97 Å². The third-order valence-electron chi connectivity index (χ3n) is 3.85. The van der Waals surface area contributed by atoms with E-state index >= 15 is 0 Å². The molecule has 8 heteroatoms. The molecule has 0 aliphatic carbocycles. The van der Waals surface area contributed by atoms with Gasteiger partial charge in [0.25, 0.3) is 0 Å². The predicted molar refractivity (Wildman–Crippen MR) is 108 cm³/mol. The van der Waals surface area contributed by atoms with E-state index < -0.39 is 0 Å². The molecule has 0 spiro atoms. The smallest absolute Gasteiger partial charge is 0.238 e. The van der Waals surface area contributed by atoms with Gasteiger partial charge in [0.15, 0.2) is 11.6 Å². The Morgan fingerprint density at radius 3 is 2.81 bits per heavy atom. The second kappa shape index (κ2) is 7.50. The monoisotopic (exact) mass is 396 g/mol. The van der Waals surface area contributed by atoms with Crippen LogP contribution < -0.4 is 5.32 Å². The molecule has 3 aromatic heterocycles. The molecule has 6 nitrogen and oxygen atoms in total. The molecule has 0 aliphatic rings. The lowest BCUT2D eigenvalue weighted by Crippen LogP contribution is -2.22. The van der Waals surface area contributed by atoms with Gasteiger partial charge in [0.05, 0.1) is 15.6 Å². The number of hydrogen-bond donors (Lipinski definition) is 1. The number of anilines is 1. The Morgan fingerprint density at radius 2 is 2.07 bits per heavy atom. The number of carbonyl (C=O) groups excluding carboxylic acids is 1. The molecular formula is C19H16N4O2S2. The quantitative estimate of drug-likeness (QED) is 0.386. The maximum Gasteiger partial charge on any atom is 0.238 e. The van der Waals surface area contributed by atoms with Crippen LogP contribution in [0.1, 0.15) is 12.7 Å². The topological polar surface area (TPSA) is 80.9 Å². The Kier molecular flexibility index (Phi) is 4.91. The van der Waals surface area contributed by atoms with Gasteiger partial charge in [-0.05, 0) is 31.4 Å². The molecule has 1 amide bonds. The summed E-state index contributed by atoms with van der Waals surface area (Å²) in [6.07, 6.45) is 0. The molecular weight excluding hydrogens is 380 g/mol. The van der Waals surface area contributed by atoms with Crippen LogP contribution in [0.3, 0.4) is 0 Å². The van der Waals surface area contributed by atoms with Gasteiger partial charge in [0, 0.05) is 11.5 Å². The van der Waals surface area contributed by atoms with Crippen molar-refractivity contribution in [3.05, 3.63) is 53.6 Å². The molecule has 0 saturated heterocycles. The van der Waals surface area contributed by atoms with E-state index in [1.54, 1.807) is 24.3 Å². The summed E-state index contributed by atoms with van der Waals surface area (Å²) >= 11 is 2.99. The molecule has 4 rings (SSSR count). The molecule has 1 aromatic carbocycles. The van der Waals surface area contributed by atoms with Crippen molar-refractivity contribution in [1.29, 1.82) is 0 Å².